The standard InChI is InChI=1S/C10H13N3O2/c1-7-4-5-8(13(14)15)6-9(7)10(11)12(2)3/h4-6,11H,1-3H3. The van der Waals surface area contributed by atoms with Crippen LogP contribution in [0.1, 0.15) is 11.1 Å². The number of nitrogens with one attached hydrogen (secondary N) is 1. The summed E-state index contributed by atoms with van der Waals surface area (Å²) in [6, 6.07) is 4.53. The minimum absolute atomic E-state index is 0.0159. The molecule has 0 aromatic heterocycles. The molecule has 0 saturated carbocycles. The van der Waals surface area contributed by atoms with E-state index in [-0.39, 0.29) is 11.5 Å². The van der Waals surface area contributed by atoms with Gasteiger partial charge in [0, 0.05) is 31.8 Å². The summed E-state index contributed by atoms with van der Waals surface area (Å²) in [7, 11) is 3.47. The van der Waals surface area contributed by atoms with Gasteiger partial charge in [-0.3, -0.25) is 15.5 Å². The van der Waals surface area contributed by atoms with E-state index >= 15 is 0 Å². The number of amidine groups is 1. The van der Waals surface area contributed by atoms with Crippen LogP contribution in [-0.2, 0) is 0 Å². The number of nitro groups is 1. The second-order valence-corrected chi connectivity index (χ2v) is 3.50. The predicted octanol–water partition coefficient (Wildman–Crippen LogP) is 1.79. The Kier molecular flexibility index (Phi) is 3.04. The topological polar surface area (TPSA) is 70.2 Å². The maximum atomic E-state index is 10.6. The van der Waals surface area contributed by atoms with Crippen LogP contribution < -0.4 is 0 Å². The third-order valence-electron chi connectivity index (χ3n) is 2.13. The molecule has 0 amide bonds. The highest BCUT2D eigenvalue weighted by Crippen LogP contribution is 2.18. The van der Waals surface area contributed by atoms with Gasteiger partial charge in [0.2, 0.25) is 0 Å². The van der Waals surface area contributed by atoms with Crippen molar-refractivity contribution in [1.29, 1.82) is 5.41 Å². The Labute approximate surface area is 88.0 Å². The minimum atomic E-state index is -0.453. The molecule has 0 heterocycles. The fourth-order valence-corrected chi connectivity index (χ4v) is 1.22. The highest BCUT2D eigenvalue weighted by Gasteiger charge is 2.12. The fourth-order valence-electron chi connectivity index (χ4n) is 1.22. The highest BCUT2D eigenvalue weighted by atomic mass is 16.6. The van der Waals surface area contributed by atoms with Gasteiger partial charge < -0.3 is 4.90 Å². The van der Waals surface area contributed by atoms with Gasteiger partial charge in [-0.05, 0) is 12.5 Å². The quantitative estimate of drug-likeness (QED) is 0.348. The van der Waals surface area contributed by atoms with E-state index in [1.54, 1.807) is 25.1 Å². The SMILES string of the molecule is Cc1ccc([N+](=O)[O-])cc1C(=N)N(C)C. The molecule has 1 N–H and O–H groups in total. The lowest BCUT2D eigenvalue weighted by Crippen LogP contribution is -2.22. The third-order valence-corrected chi connectivity index (χ3v) is 2.13. The van der Waals surface area contributed by atoms with E-state index in [2.05, 4.69) is 0 Å². The normalized spacial score (nSPS) is 9.80. The third kappa shape index (κ3) is 2.31. The molecule has 5 heteroatoms. The van der Waals surface area contributed by atoms with Crippen LogP contribution in [-0.4, -0.2) is 29.8 Å². The van der Waals surface area contributed by atoms with Crippen LogP contribution in [0.2, 0.25) is 0 Å². The van der Waals surface area contributed by atoms with Crippen LogP contribution in [0.4, 0.5) is 5.69 Å². The molecule has 0 unspecified atom stereocenters. The molecule has 0 radical (unpaired) electrons. The zero-order valence-electron chi connectivity index (χ0n) is 8.94. The first-order valence-electron chi connectivity index (χ1n) is 4.44. The Balaban J connectivity index is 3.22. The summed E-state index contributed by atoms with van der Waals surface area (Å²) in [5.74, 6) is 0.274. The van der Waals surface area contributed by atoms with Crippen molar-refractivity contribution in [3.05, 3.63) is 39.4 Å². The smallest absolute Gasteiger partial charge is 0.270 e. The molecule has 1 rings (SSSR count). The average molecular weight is 207 g/mol. The monoisotopic (exact) mass is 207 g/mol. The number of benzene rings is 1. The van der Waals surface area contributed by atoms with Gasteiger partial charge in [0.05, 0.1) is 4.92 Å². The summed E-state index contributed by atoms with van der Waals surface area (Å²) < 4.78 is 0. The van der Waals surface area contributed by atoms with Gasteiger partial charge in [-0.1, -0.05) is 6.07 Å². The van der Waals surface area contributed by atoms with E-state index in [9.17, 15) is 10.1 Å². The molecule has 0 spiro atoms. The van der Waals surface area contributed by atoms with Crippen LogP contribution in [0.15, 0.2) is 18.2 Å². The highest BCUT2D eigenvalue weighted by molar-refractivity contribution is 5.97. The molecule has 1 aromatic rings. The van der Waals surface area contributed by atoms with Gasteiger partial charge in [-0.25, -0.2) is 0 Å². The summed E-state index contributed by atoms with van der Waals surface area (Å²) in [4.78, 5) is 11.7. The Morgan fingerprint density at radius 2 is 2.07 bits per heavy atom. The van der Waals surface area contributed by atoms with Gasteiger partial charge in [0.15, 0.2) is 0 Å². The lowest BCUT2D eigenvalue weighted by molar-refractivity contribution is -0.384. The fraction of sp³-hybridized carbons (Fsp3) is 0.300. The first-order chi connectivity index (χ1) is 6.93. The molecule has 0 fully saturated rings. The number of non-ortho nitro benzene ring substituents is 1. The van der Waals surface area contributed by atoms with Gasteiger partial charge in [0.1, 0.15) is 5.84 Å². The molecule has 80 valence electrons. The van der Waals surface area contributed by atoms with Crippen molar-refractivity contribution in [2.75, 3.05) is 14.1 Å². The summed E-state index contributed by atoms with van der Waals surface area (Å²) >= 11 is 0. The molecule has 0 aliphatic rings. The van der Waals surface area contributed by atoms with Crippen molar-refractivity contribution in [3.8, 4) is 0 Å². The second kappa shape index (κ2) is 4.08. The van der Waals surface area contributed by atoms with Crippen molar-refractivity contribution in [3.63, 3.8) is 0 Å². The van der Waals surface area contributed by atoms with Crippen LogP contribution in [0.5, 0.6) is 0 Å². The number of hydrogen-bond donors (Lipinski definition) is 1. The number of nitrogens with zero attached hydrogens (tertiary/aromatic N) is 2. The van der Waals surface area contributed by atoms with Crippen LogP contribution >= 0.6 is 0 Å². The second-order valence-electron chi connectivity index (χ2n) is 3.50. The number of hydrogen-bond acceptors (Lipinski definition) is 3. The summed E-state index contributed by atoms with van der Waals surface area (Å²) in [6.07, 6.45) is 0. The van der Waals surface area contributed by atoms with E-state index in [1.165, 1.54) is 12.1 Å². The largest absolute Gasteiger partial charge is 0.363 e. The van der Waals surface area contributed by atoms with Gasteiger partial charge >= 0.3 is 0 Å². The molecule has 1 aromatic carbocycles. The molecule has 0 aliphatic carbocycles. The van der Waals surface area contributed by atoms with Gasteiger partial charge in [-0.15, -0.1) is 0 Å². The van der Waals surface area contributed by atoms with Crippen LogP contribution in [0.25, 0.3) is 0 Å². The number of nitro benzene ring substituents is 1. The van der Waals surface area contributed by atoms with E-state index in [1.807, 2.05) is 6.92 Å². The Bertz CT molecular complexity index is 413. The molecule has 15 heavy (non-hydrogen) atoms. The zero-order chi connectivity index (χ0) is 11.6. The number of rotatable bonds is 2. The molecule has 0 saturated heterocycles. The van der Waals surface area contributed by atoms with E-state index in [4.69, 9.17) is 5.41 Å². The molecule has 0 atom stereocenters. The van der Waals surface area contributed by atoms with Gasteiger partial charge in [-0.2, -0.15) is 0 Å². The molecular weight excluding hydrogens is 194 g/mol. The molecule has 5 nitrogen and oxygen atoms in total. The van der Waals surface area contributed by atoms with Crippen molar-refractivity contribution < 1.29 is 4.92 Å². The average Bonchev–Trinajstić information content (AvgIpc) is 2.16. The Morgan fingerprint density at radius 1 is 1.47 bits per heavy atom. The maximum Gasteiger partial charge on any atom is 0.270 e. The molecule has 0 aliphatic heterocycles. The van der Waals surface area contributed by atoms with Crippen molar-refractivity contribution in [1.82, 2.24) is 4.90 Å². The summed E-state index contributed by atoms with van der Waals surface area (Å²) in [5.41, 5.74) is 1.47. The molecular formula is C10H13N3O2. The maximum absolute atomic E-state index is 10.6. The number of aryl methyl sites for hydroxylation is 1. The first-order valence-corrected chi connectivity index (χ1v) is 4.44. The van der Waals surface area contributed by atoms with E-state index in [0.29, 0.717) is 5.56 Å². The van der Waals surface area contributed by atoms with E-state index in [0.717, 1.165) is 5.56 Å². The first kappa shape index (κ1) is 11.2. The summed E-state index contributed by atoms with van der Waals surface area (Å²) in [6.45, 7) is 1.83. The lowest BCUT2D eigenvalue weighted by Gasteiger charge is -2.15. The van der Waals surface area contributed by atoms with Crippen LogP contribution in [0, 0.1) is 22.4 Å². The molecule has 0 bridgehead atoms. The summed E-state index contributed by atoms with van der Waals surface area (Å²) in [5, 5.41) is 18.3. The van der Waals surface area contributed by atoms with Crippen molar-refractivity contribution in [2.24, 2.45) is 0 Å². The van der Waals surface area contributed by atoms with Crippen LogP contribution in [0.3, 0.4) is 0 Å². The van der Waals surface area contributed by atoms with E-state index < -0.39 is 4.92 Å². The minimum Gasteiger partial charge on any atom is -0.363 e. The predicted molar refractivity (Wildman–Crippen MR) is 58.3 cm³/mol. The zero-order valence-corrected chi connectivity index (χ0v) is 8.94. The van der Waals surface area contributed by atoms with Crippen molar-refractivity contribution >= 4 is 11.5 Å². The lowest BCUT2D eigenvalue weighted by atomic mass is 10.1. The van der Waals surface area contributed by atoms with Crippen molar-refractivity contribution in [2.45, 2.75) is 6.92 Å². The van der Waals surface area contributed by atoms with Gasteiger partial charge in [0.25, 0.3) is 5.69 Å². The Morgan fingerprint density at radius 3 is 2.53 bits per heavy atom. The Hall–Kier alpha value is -1.91.